The molecule has 94 valence electrons. The van der Waals surface area contributed by atoms with E-state index in [2.05, 4.69) is 11.8 Å². The van der Waals surface area contributed by atoms with Gasteiger partial charge in [0.1, 0.15) is 5.75 Å². The van der Waals surface area contributed by atoms with Gasteiger partial charge in [-0.05, 0) is 25.5 Å². The molecule has 0 aliphatic rings. The number of aromatic hydroxyl groups is 1. The third kappa shape index (κ3) is 3.77. The van der Waals surface area contributed by atoms with E-state index in [-0.39, 0.29) is 11.5 Å². The molecule has 0 amide bonds. The van der Waals surface area contributed by atoms with Crippen LogP contribution in [0.3, 0.4) is 0 Å². The van der Waals surface area contributed by atoms with Gasteiger partial charge in [-0.3, -0.25) is 4.79 Å². The molecule has 3 heteroatoms. The first kappa shape index (κ1) is 13.6. The van der Waals surface area contributed by atoms with E-state index in [0.717, 1.165) is 18.7 Å². The number of hydrogen-bond acceptors (Lipinski definition) is 3. The van der Waals surface area contributed by atoms with Crippen LogP contribution >= 0.6 is 0 Å². The van der Waals surface area contributed by atoms with Crippen molar-refractivity contribution in [1.29, 1.82) is 0 Å². The van der Waals surface area contributed by atoms with Gasteiger partial charge in [0.15, 0.2) is 5.78 Å². The highest BCUT2D eigenvalue weighted by Crippen LogP contribution is 2.24. The number of nitrogens with zero attached hydrogens (tertiary/aromatic N) is 1. The molecular formula is C14H21NO2. The van der Waals surface area contributed by atoms with Crippen LogP contribution in [0, 0.1) is 0 Å². The molecule has 3 nitrogen and oxygen atoms in total. The molecule has 0 atom stereocenters. The Labute approximate surface area is 103 Å². The summed E-state index contributed by atoms with van der Waals surface area (Å²) >= 11 is 0. The van der Waals surface area contributed by atoms with Crippen LogP contribution in [0.5, 0.6) is 5.75 Å². The number of benzene rings is 1. The predicted octanol–water partition coefficient (Wildman–Crippen LogP) is 3.22. The molecule has 0 radical (unpaired) electrons. The standard InChI is InChI=1S/C14H21NO2/c1-4-5-6-9-15(3)12-7-8-13(11(2)16)14(17)10-12/h7-8,10,17H,4-6,9H2,1-3H3. The van der Waals surface area contributed by atoms with Crippen LogP contribution in [0.15, 0.2) is 18.2 Å². The van der Waals surface area contributed by atoms with Gasteiger partial charge in [0.25, 0.3) is 0 Å². The lowest BCUT2D eigenvalue weighted by Crippen LogP contribution is -2.18. The van der Waals surface area contributed by atoms with Crippen molar-refractivity contribution in [2.75, 3.05) is 18.5 Å². The number of carbonyl (C=O) groups is 1. The average Bonchev–Trinajstić information content (AvgIpc) is 2.28. The Balaban J connectivity index is 2.72. The van der Waals surface area contributed by atoms with Gasteiger partial charge in [-0.1, -0.05) is 19.8 Å². The molecule has 0 saturated carbocycles. The Morgan fingerprint density at radius 3 is 2.59 bits per heavy atom. The summed E-state index contributed by atoms with van der Waals surface area (Å²) in [6.07, 6.45) is 3.55. The van der Waals surface area contributed by atoms with Crippen molar-refractivity contribution in [3.63, 3.8) is 0 Å². The maximum Gasteiger partial charge on any atom is 0.163 e. The van der Waals surface area contributed by atoms with E-state index >= 15 is 0 Å². The number of phenolic OH excluding ortho intramolecular Hbond substituents is 1. The number of hydrogen-bond donors (Lipinski definition) is 1. The summed E-state index contributed by atoms with van der Waals surface area (Å²) in [4.78, 5) is 13.3. The zero-order chi connectivity index (χ0) is 12.8. The fourth-order valence-corrected chi connectivity index (χ4v) is 1.78. The van der Waals surface area contributed by atoms with E-state index in [1.54, 1.807) is 12.1 Å². The fourth-order valence-electron chi connectivity index (χ4n) is 1.78. The molecule has 0 saturated heterocycles. The Morgan fingerprint density at radius 1 is 1.35 bits per heavy atom. The number of unbranched alkanes of at least 4 members (excludes halogenated alkanes) is 2. The summed E-state index contributed by atoms with van der Waals surface area (Å²) in [5, 5.41) is 9.73. The second-order valence-electron chi connectivity index (χ2n) is 4.39. The second kappa shape index (κ2) is 6.28. The van der Waals surface area contributed by atoms with E-state index in [9.17, 15) is 9.90 Å². The van der Waals surface area contributed by atoms with E-state index in [0.29, 0.717) is 5.56 Å². The van der Waals surface area contributed by atoms with Gasteiger partial charge in [-0.25, -0.2) is 0 Å². The third-order valence-electron chi connectivity index (χ3n) is 2.90. The molecule has 0 aliphatic heterocycles. The summed E-state index contributed by atoms with van der Waals surface area (Å²) in [6, 6.07) is 5.22. The van der Waals surface area contributed by atoms with Crippen molar-refractivity contribution in [1.82, 2.24) is 0 Å². The van der Waals surface area contributed by atoms with E-state index in [1.807, 2.05) is 13.1 Å². The van der Waals surface area contributed by atoms with Crippen molar-refractivity contribution >= 4 is 11.5 Å². The molecule has 0 aliphatic carbocycles. The molecule has 0 heterocycles. The summed E-state index contributed by atoms with van der Waals surface area (Å²) in [6.45, 7) is 4.60. The van der Waals surface area contributed by atoms with E-state index in [4.69, 9.17) is 0 Å². The molecule has 0 bridgehead atoms. The predicted molar refractivity (Wildman–Crippen MR) is 70.9 cm³/mol. The minimum absolute atomic E-state index is 0.0670. The smallest absolute Gasteiger partial charge is 0.163 e. The van der Waals surface area contributed by atoms with Gasteiger partial charge >= 0.3 is 0 Å². The van der Waals surface area contributed by atoms with Gasteiger partial charge in [0.05, 0.1) is 5.56 Å². The summed E-state index contributed by atoms with van der Waals surface area (Å²) in [7, 11) is 2.00. The summed E-state index contributed by atoms with van der Waals surface area (Å²) in [5.74, 6) is -0.0416. The van der Waals surface area contributed by atoms with Crippen molar-refractivity contribution < 1.29 is 9.90 Å². The molecule has 1 N–H and O–H groups in total. The highest BCUT2D eigenvalue weighted by atomic mass is 16.3. The first-order valence-electron chi connectivity index (χ1n) is 6.11. The lowest BCUT2D eigenvalue weighted by molar-refractivity contribution is 0.101. The fraction of sp³-hybridized carbons (Fsp3) is 0.500. The van der Waals surface area contributed by atoms with Gasteiger partial charge in [0, 0.05) is 25.3 Å². The monoisotopic (exact) mass is 235 g/mol. The maximum absolute atomic E-state index is 11.2. The van der Waals surface area contributed by atoms with Crippen LogP contribution in [-0.2, 0) is 0 Å². The Morgan fingerprint density at radius 2 is 2.06 bits per heavy atom. The van der Waals surface area contributed by atoms with Crippen LogP contribution in [0.25, 0.3) is 0 Å². The van der Waals surface area contributed by atoms with E-state index < -0.39 is 0 Å². The molecule has 1 rings (SSSR count). The number of anilines is 1. The van der Waals surface area contributed by atoms with Crippen LogP contribution in [0.2, 0.25) is 0 Å². The van der Waals surface area contributed by atoms with Crippen LogP contribution < -0.4 is 4.90 Å². The molecule has 0 fully saturated rings. The third-order valence-corrected chi connectivity index (χ3v) is 2.90. The average molecular weight is 235 g/mol. The van der Waals surface area contributed by atoms with Gasteiger partial charge < -0.3 is 10.0 Å². The van der Waals surface area contributed by atoms with Crippen LogP contribution in [0.1, 0.15) is 43.5 Å². The maximum atomic E-state index is 11.2. The molecule has 17 heavy (non-hydrogen) atoms. The highest BCUT2D eigenvalue weighted by molar-refractivity contribution is 5.97. The lowest BCUT2D eigenvalue weighted by Gasteiger charge is -2.19. The van der Waals surface area contributed by atoms with Crippen LogP contribution in [-0.4, -0.2) is 24.5 Å². The molecular weight excluding hydrogens is 214 g/mol. The highest BCUT2D eigenvalue weighted by Gasteiger charge is 2.08. The quantitative estimate of drug-likeness (QED) is 0.608. The minimum atomic E-state index is -0.109. The van der Waals surface area contributed by atoms with Crippen molar-refractivity contribution in [2.24, 2.45) is 0 Å². The zero-order valence-corrected chi connectivity index (χ0v) is 10.9. The van der Waals surface area contributed by atoms with Gasteiger partial charge in [-0.15, -0.1) is 0 Å². The second-order valence-corrected chi connectivity index (χ2v) is 4.39. The van der Waals surface area contributed by atoms with E-state index in [1.165, 1.54) is 19.8 Å². The zero-order valence-electron chi connectivity index (χ0n) is 10.9. The molecule has 1 aromatic carbocycles. The normalized spacial score (nSPS) is 10.3. The number of Topliss-reactive ketones (excluding diaryl/α,β-unsaturated/α-hetero) is 1. The molecule has 0 spiro atoms. The molecule has 0 aromatic heterocycles. The Kier molecular flexibility index (Phi) is 5.01. The molecule has 0 unspecified atom stereocenters. The van der Waals surface area contributed by atoms with Crippen LogP contribution in [0.4, 0.5) is 5.69 Å². The largest absolute Gasteiger partial charge is 0.507 e. The Bertz CT molecular complexity index is 388. The summed E-state index contributed by atoms with van der Waals surface area (Å²) in [5.41, 5.74) is 1.33. The first-order valence-corrected chi connectivity index (χ1v) is 6.11. The number of rotatable bonds is 6. The number of carbonyl (C=O) groups excluding carboxylic acids is 1. The van der Waals surface area contributed by atoms with Gasteiger partial charge in [0.2, 0.25) is 0 Å². The lowest BCUT2D eigenvalue weighted by atomic mass is 10.1. The number of ketones is 1. The Hall–Kier alpha value is -1.51. The van der Waals surface area contributed by atoms with Crippen molar-refractivity contribution in [3.8, 4) is 5.75 Å². The minimum Gasteiger partial charge on any atom is -0.507 e. The van der Waals surface area contributed by atoms with Gasteiger partial charge in [-0.2, -0.15) is 0 Å². The summed E-state index contributed by atoms with van der Waals surface area (Å²) < 4.78 is 0. The van der Waals surface area contributed by atoms with Crippen molar-refractivity contribution in [2.45, 2.75) is 33.1 Å². The van der Waals surface area contributed by atoms with Crippen molar-refractivity contribution in [3.05, 3.63) is 23.8 Å². The topological polar surface area (TPSA) is 40.5 Å². The molecule has 1 aromatic rings. The first-order chi connectivity index (χ1) is 8.06. The SMILES string of the molecule is CCCCCN(C)c1ccc(C(C)=O)c(O)c1. The number of phenols is 1.